The highest BCUT2D eigenvalue weighted by atomic mass is 79.9. The number of ether oxygens (including phenoxy) is 1. The van der Waals surface area contributed by atoms with Crippen LogP contribution in [0.4, 0.5) is 16.2 Å². The first-order chi connectivity index (χ1) is 16.1. The highest BCUT2D eigenvalue weighted by Gasteiger charge is 2.28. The summed E-state index contributed by atoms with van der Waals surface area (Å²) in [4.78, 5) is 29.6. The molecule has 2 aromatic carbocycles. The first-order valence-electron chi connectivity index (χ1n) is 10.8. The molecule has 0 saturated carbocycles. The Morgan fingerprint density at radius 3 is 2.24 bits per heavy atom. The number of rotatable bonds is 6. The Labute approximate surface area is 201 Å². The second-order valence-corrected chi connectivity index (χ2v) is 8.74. The van der Waals surface area contributed by atoms with E-state index in [2.05, 4.69) is 36.9 Å². The summed E-state index contributed by atoms with van der Waals surface area (Å²) in [5, 5.41) is 9.01. The number of hydrogen-bond acceptors (Lipinski definition) is 5. The molecule has 0 radical (unpaired) electrons. The summed E-state index contributed by atoms with van der Waals surface area (Å²) in [5.74, 6) is -0.0544. The van der Waals surface area contributed by atoms with Gasteiger partial charge in [0.1, 0.15) is 6.10 Å². The van der Waals surface area contributed by atoms with Crippen LogP contribution in [0, 0.1) is 5.92 Å². The van der Waals surface area contributed by atoms with E-state index in [-0.39, 0.29) is 17.9 Å². The molecule has 1 aliphatic heterocycles. The maximum atomic E-state index is 12.9. The van der Waals surface area contributed by atoms with E-state index in [4.69, 9.17) is 4.74 Å². The lowest BCUT2D eigenvalue weighted by atomic mass is 9.88. The number of nitrogens with zero attached hydrogens (tertiary/aromatic N) is 1. The van der Waals surface area contributed by atoms with Gasteiger partial charge < -0.3 is 15.4 Å². The third-order valence-corrected chi connectivity index (χ3v) is 6.13. The van der Waals surface area contributed by atoms with Crippen molar-refractivity contribution in [2.75, 3.05) is 23.7 Å². The van der Waals surface area contributed by atoms with Crippen LogP contribution in [0.5, 0.6) is 0 Å². The van der Waals surface area contributed by atoms with Crippen LogP contribution in [-0.2, 0) is 4.74 Å². The van der Waals surface area contributed by atoms with Crippen LogP contribution in [0.2, 0.25) is 0 Å². The van der Waals surface area contributed by atoms with E-state index in [1.807, 2.05) is 12.1 Å². The minimum absolute atomic E-state index is 0.215. The highest BCUT2D eigenvalue weighted by molar-refractivity contribution is 9.10. The first-order valence-corrected chi connectivity index (χ1v) is 11.6. The molecule has 1 aromatic heterocycles. The Bertz CT molecular complexity index is 1090. The number of piperidine rings is 1. The van der Waals surface area contributed by atoms with Gasteiger partial charge in [0, 0.05) is 28.3 Å². The fourth-order valence-corrected chi connectivity index (χ4v) is 4.15. The molecule has 1 aliphatic rings. The van der Waals surface area contributed by atoms with Crippen LogP contribution in [0.25, 0.3) is 0 Å². The van der Waals surface area contributed by atoms with Crippen molar-refractivity contribution < 1.29 is 14.3 Å². The zero-order valence-electron chi connectivity index (χ0n) is 18.0. The van der Waals surface area contributed by atoms with E-state index in [9.17, 15) is 9.59 Å². The number of benzene rings is 2. The fourth-order valence-electron chi connectivity index (χ4n) is 3.89. The van der Waals surface area contributed by atoms with Crippen LogP contribution in [0.3, 0.4) is 0 Å². The Hall–Kier alpha value is -3.23. The fraction of sp³-hybridized carbons (Fsp3) is 0.240. The highest BCUT2D eigenvalue weighted by Crippen LogP contribution is 2.33. The summed E-state index contributed by atoms with van der Waals surface area (Å²) in [7, 11) is 0. The second kappa shape index (κ2) is 11.1. The number of anilines is 2. The van der Waals surface area contributed by atoms with Gasteiger partial charge in [0.15, 0.2) is 0 Å². The molecule has 0 spiro atoms. The number of carbonyl (C=O) groups is 2. The molecular formula is C25H25BrN4O3. The summed E-state index contributed by atoms with van der Waals surface area (Å²) in [6.45, 7) is 1.78. The van der Waals surface area contributed by atoms with Crippen molar-refractivity contribution in [3.05, 3.63) is 88.7 Å². The van der Waals surface area contributed by atoms with E-state index >= 15 is 0 Å². The number of nitrogens with one attached hydrogen (secondary N) is 3. The topological polar surface area (TPSA) is 92.4 Å². The van der Waals surface area contributed by atoms with Crippen molar-refractivity contribution in [2.24, 2.45) is 5.92 Å². The zero-order valence-corrected chi connectivity index (χ0v) is 19.5. The van der Waals surface area contributed by atoms with E-state index < -0.39 is 6.09 Å². The van der Waals surface area contributed by atoms with E-state index in [1.165, 1.54) is 0 Å². The van der Waals surface area contributed by atoms with E-state index in [1.54, 1.807) is 60.9 Å². The van der Waals surface area contributed by atoms with Gasteiger partial charge in [-0.15, -0.1) is 0 Å². The van der Waals surface area contributed by atoms with Crippen LogP contribution >= 0.6 is 15.9 Å². The largest absolute Gasteiger partial charge is 0.441 e. The van der Waals surface area contributed by atoms with Gasteiger partial charge in [0.2, 0.25) is 0 Å². The summed E-state index contributed by atoms with van der Waals surface area (Å²) < 4.78 is 6.80. The van der Waals surface area contributed by atoms with Crippen LogP contribution < -0.4 is 16.0 Å². The van der Waals surface area contributed by atoms with Gasteiger partial charge in [-0.2, -0.15) is 0 Å². The number of para-hydroxylation sites is 2. The Morgan fingerprint density at radius 2 is 1.58 bits per heavy atom. The van der Waals surface area contributed by atoms with Gasteiger partial charge in [-0.1, -0.05) is 28.1 Å². The smallest absolute Gasteiger partial charge is 0.412 e. The molecule has 170 valence electrons. The second-order valence-electron chi connectivity index (χ2n) is 7.83. The molecule has 0 aliphatic carbocycles. The molecule has 3 N–H and O–H groups in total. The predicted octanol–water partition coefficient (Wildman–Crippen LogP) is 5.39. The average molecular weight is 509 g/mol. The minimum Gasteiger partial charge on any atom is -0.441 e. The third kappa shape index (κ3) is 6.18. The molecule has 1 atom stereocenters. The molecule has 1 unspecified atom stereocenters. The third-order valence-electron chi connectivity index (χ3n) is 5.60. The molecule has 0 bridgehead atoms. The van der Waals surface area contributed by atoms with E-state index in [0.717, 1.165) is 36.0 Å². The quantitative estimate of drug-likeness (QED) is 0.415. The van der Waals surface area contributed by atoms with Gasteiger partial charge in [-0.05, 0) is 80.0 Å². The summed E-state index contributed by atoms with van der Waals surface area (Å²) in [5.41, 5.74) is 2.39. The predicted molar refractivity (Wildman–Crippen MR) is 131 cm³/mol. The van der Waals surface area contributed by atoms with Crippen molar-refractivity contribution in [1.29, 1.82) is 0 Å². The number of amides is 2. The standard InChI is InChI=1S/C25H25BrN4O3/c26-20-7-5-19(6-8-20)24(31)29-21-3-1-2-4-22(21)30-25(32)33-23(17-9-13-27-14-10-17)18-11-15-28-16-12-18/h1-10,13-14,18,23,28H,11-12,15-16H2,(H,29,31)(H,30,32). The monoisotopic (exact) mass is 508 g/mol. The lowest BCUT2D eigenvalue weighted by Crippen LogP contribution is -2.33. The molecular weight excluding hydrogens is 484 g/mol. The first kappa shape index (κ1) is 22.9. The van der Waals surface area contributed by atoms with Crippen LogP contribution in [0.1, 0.15) is 34.9 Å². The lowest BCUT2D eigenvalue weighted by molar-refractivity contribution is 0.0591. The van der Waals surface area contributed by atoms with Crippen LogP contribution in [-0.4, -0.2) is 30.1 Å². The summed E-state index contributed by atoms with van der Waals surface area (Å²) >= 11 is 3.37. The Kier molecular flexibility index (Phi) is 7.70. The molecule has 7 nitrogen and oxygen atoms in total. The van der Waals surface area contributed by atoms with Crippen molar-refractivity contribution in [3.8, 4) is 0 Å². The van der Waals surface area contributed by atoms with Crippen molar-refractivity contribution in [1.82, 2.24) is 10.3 Å². The summed E-state index contributed by atoms with van der Waals surface area (Å²) in [6, 6.07) is 17.9. The van der Waals surface area contributed by atoms with Gasteiger partial charge in [-0.3, -0.25) is 15.1 Å². The minimum atomic E-state index is -0.569. The number of carbonyl (C=O) groups excluding carboxylic acids is 2. The van der Waals surface area contributed by atoms with Gasteiger partial charge in [0.25, 0.3) is 5.91 Å². The lowest BCUT2D eigenvalue weighted by Gasteiger charge is -2.30. The maximum absolute atomic E-state index is 12.9. The normalized spacial score (nSPS) is 14.8. The molecule has 1 fully saturated rings. The van der Waals surface area contributed by atoms with E-state index in [0.29, 0.717) is 16.9 Å². The number of hydrogen-bond donors (Lipinski definition) is 3. The average Bonchev–Trinajstić information content (AvgIpc) is 2.85. The number of halogens is 1. The van der Waals surface area contributed by atoms with Gasteiger partial charge in [0.05, 0.1) is 11.4 Å². The molecule has 3 aromatic rings. The zero-order chi connectivity index (χ0) is 23.0. The Balaban J connectivity index is 1.47. The molecule has 1 saturated heterocycles. The number of pyridine rings is 1. The molecule has 4 rings (SSSR count). The van der Waals surface area contributed by atoms with Crippen molar-refractivity contribution in [3.63, 3.8) is 0 Å². The maximum Gasteiger partial charge on any atom is 0.412 e. The molecule has 2 heterocycles. The SMILES string of the molecule is O=C(Nc1ccccc1NC(=O)c1ccc(Br)cc1)OC(c1ccncc1)C1CCNCC1. The van der Waals surface area contributed by atoms with Crippen molar-refractivity contribution >= 4 is 39.3 Å². The van der Waals surface area contributed by atoms with Crippen molar-refractivity contribution in [2.45, 2.75) is 18.9 Å². The molecule has 33 heavy (non-hydrogen) atoms. The molecule has 2 amide bonds. The van der Waals surface area contributed by atoms with Crippen LogP contribution in [0.15, 0.2) is 77.5 Å². The van der Waals surface area contributed by atoms with Gasteiger partial charge in [-0.25, -0.2) is 4.79 Å². The summed E-state index contributed by atoms with van der Waals surface area (Å²) in [6.07, 6.45) is 4.30. The molecule has 8 heteroatoms. The number of aromatic nitrogens is 1. The van der Waals surface area contributed by atoms with Gasteiger partial charge >= 0.3 is 6.09 Å². The Morgan fingerprint density at radius 1 is 0.939 bits per heavy atom.